The molecule has 0 saturated heterocycles. The summed E-state index contributed by atoms with van der Waals surface area (Å²) in [5.41, 5.74) is 1.63. The Balaban J connectivity index is 2.32. The van der Waals surface area contributed by atoms with Crippen LogP contribution in [0.1, 0.15) is 23.1 Å². The van der Waals surface area contributed by atoms with Gasteiger partial charge in [-0.25, -0.2) is 4.79 Å². The first-order chi connectivity index (χ1) is 8.61. The molecule has 94 valence electrons. The van der Waals surface area contributed by atoms with E-state index in [2.05, 4.69) is 10.1 Å². The Hall–Kier alpha value is -1.88. The lowest BCUT2D eigenvalue weighted by molar-refractivity contribution is 0.0508. The smallest absolute Gasteiger partial charge is 0.379 e. The number of aryl methyl sites for hydroxylation is 1. The number of aromatic nitrogens is 2. The minimum Gasteiger partial charge on any atom is -0.460 e. The summed E-state index contributed by atoms with van der Waals surface area (Å²) in [5, 5.41) is 4.21. The monoisotopic (exact) mass is 266 g/mol. The van der Waals surface area contributed by atoms with Gasteiger partial charge in [0.1, 0.15) is 0 Å². The van der Waals surface area contributed by atoms with Gasteiger partial charge in [-0.2, -0.15) is 4.98 Å². The van der Waals surface area contributed by atoms with E-state index in [-0.39, 0.29) is 18.3 Å². The average Bonchev–Trinajstić information content (AvgIpc) is 2.78. The largest absolute Gasteiger partial charge is 0.460 e. The zero-order valence-corrected chi connectivity index (χ0v) is 10.7. The van der Waals surface area contributed by atoms with E-state index in [1.165, 1.54) is 0 Å². The molecule has 1 aromatic carbocycles. The predicted molar refractivity (Wildman–Crippen MR) is 65.4 cm³/mol. The molecule has 0 aliphatic heterocycles. The Morgan fingerprint density at radius 1 is 1.50 bits per heavy atom. The van der Waals surface area contributed by atoms with Gasteiger partial charge in [0, 0.05) is 10.6 Å². The highest BCUT2D eigenvalue weighted by Crippen LogP contribution is 2.24. The number of benzene rings is 1. The number of halogens is 1. The quantitative estimate of drug-likeness (QED) is 0.799. The molecule has 0 N–H and O–H groups in total. The van der Waals surface area contributed by atoms with E-state index in [1.54, 1.807) is 25.1 Å². The minimum atomic E-state index is -0.598. The third-order valence-electron chi connectivity index (χ3n) is 2.30. The van der Waals surface area contributed by atoms with Gasteiger partial charge in [-0.05, 0) is 42.8 Å². The van der Waals surface area contributed by atoms with Gasteiger partial charge in [-0.15, -0.1) is 0 Å². The van der Waals surface area contributed by atoms with Gasteiger partial charge in [-0.3, -0.25) is 0 Å². The lowest BCUT2D eigenvalue weighted by atomic mass is 10.1. The van der Waals surface area contributed by atoms with Gasteiger partial charge < -0.3 is 9.26 Å². The van der Waals surface area contributed by atoms with Gasteiger partial charge in [0.05, 0.1) is 6.61 Å². The van der Waals surface area contributed by atoms with Crippen molar-refractivity contribution in [1.82, 2.24) is 10.1 Å². The summed E-state index contributed by atoms with van der Waals surface area (Å²) < 4.78 is 9.82. The molecule has 0 atom stereocenters. The molecule has 1 heterocycles. The maximum atomic E-state index is 11.4. The van der Waals surface area contributed by atoms with E-state index in [0.717, 1.165) is 11.1 Å². The van der Waals surface area contributed by atoms with Crippen molar-refractivity contribution in [3.63, 3.8) is 0 Å². The Morgan fingerprint density at radius 3 is 2.94 bits per heavy atom. The number of esters is 1. The Kier molecular flexibility index (Phi) is 3.62. The van der Waals surface area contributed by atoms with Crippen LogP contribution in [0, 0.1) is 6.92 Å². The van der Waals surface area contributed by atoms with Crippen LogP contribution < -0.4 is 0 Å². The molecule has 0 aliphatic carbocycles. The third kappa shape index (κ3) is 2.51. The molecule has 2 rings (SSSR count). The molecule has 1 aromatic heterocycles. The van der Waals surface area contributed by atoms with Gasteiger partial charge in [0.15, 0.2) is 0 Å². The van der Waals surface area contributed by atoms with Crippen LogP contribution in [0.5, 0.6) is 0 Å². The summed E-state index contributed by atoms with van der Waals surface area (Å²) in [7, 11) is 0. The average molecular weight is 267 g/mol. The highest BCUT2D eigenvalue weighted by atomic mass is 35.5. The van der Waals surface area contributed by atoms with Crippen LogP contribution in [0.15, 0.2) is 22.7 Å². The molecular formula is C12H11ClN2O3. The second kappa shape index (κ2) is 5.18. The first kappa shape index (κ1) is 12.6. The zero-order valence-electron chi connectivity index (χ0n) is 9.94. The van der Waals surface area contributed by atoms with E-state index in [4.69, 9.17) is 20.9 Å². The number of hydrogen-bond donors (Lipinski definition) is 0. The molecule has 0 amide bonds. The first-order valence-electron chi connectivity index (χ1n) is 5.39. The van der Waals surface area contributed by atoms with Crippen LogP contribution in [-0.2, 0) is 4.74 Å². The molecular weight excluding hydrogens is 256 g/mol. The predicted octanol–water partition coefficient (Wildman–Crippen LogP) is 2.88. The topological polar surface area (TPSA) is 65.2 Å². The molecule has 5 nitrogen and oxygen atoms in total. The number of carbonyl (C=O) groups excluding carboxylic acids is 1. The van der Waals surface area contributed by atoms with E-state index < -0.39 is 5.97 Å². The second-order valence-electron chi connectivity index (χ2n) is 3.60. The van der Waals surface area contributed by atoms with Gasteiger partial charge in [0.2, 0.25) is 0 Å². The number of rotatable bonds is 3. The number of nitrogens with zero attached hydrogens (tertiary/aromatic N) is 2. The van der Waals surface area contributed by atoms with Crippen LogP contribution in [-0.4, -0.2) is 22.7 Å². The van der Waals surface area contributed by atoms with Crippen LogP contribution >= 0.6 is 11.6 Å². The molecule has 0 saturated carbocycles. The Bertz CT molecular complexity index is 580. The van der Waals surface area contributed by atoms with E-state index in [9.17, 15) is 4.79 Å². The van der Waals surface area contributed by atoms with E-state index >= 15 is 0 Å². The highest BCUT2D eigenvalue weighted by molar-refractivity contribution is 6.30. The van der Waals surface area contributed by atoms with Gasteiger partial charge >= 0.3 is 5.97 Å². The van der Waals surface area contributed by atoms with Crippen molar-refractivity contribution in [3.05, 3.63) is 34.6 Å². The van der Waals surface area contributed by atoms with Crippen molar-refractivity contribution in [1.29, 1.82) is 0 Å². The number of carbonyl (C=O) groups is 1. The fraction of sp³-hybridized carbons (Fsp3) is 0.250. The van der Waals surface area contributed by atoms with Crippen molar-refractivity contribution in [3.8, 4) is 11.5 Å². The summed E-state index contributed by atoms with van der Waals surface area (Å²) in [4.78, 5) is 15.4. The Labute approximate surface area is 109 Å². The molecule has 0 unspecified atom stereocenters. The molecule has 0 radical (unpaired) electrons. The van der Waals surface area contributed by atoms with Crippen molar-refractivity contribution in [2.75, 3.05) is 6.61 Å². The second-order valence-corrected chi connectivity index (χ2v) is 4.04. The third-order valence-corrected chi connectivity index (χ3v) is 2.54. The molecule has 0 aliphatic rings. The maximum absolute atomic E-state index is 11.4. The first-order valence-corrected chi connectivity index (χ1v) is 5.77. The molecule has 6 heteroatoms. The van der Waals surface area contributed by atoms with Crippen molar-refractivity contribution in [2.45, 2.75) is 13.8 Å². The minimum absolute atomic E-state index is 0.0822. The van der Waals surface area contributed by atoms with Crippen molar-refractivity contribution >= 4 is 17.6 Å². The normalized spacial score (nSPS) is 10.4. The fourth-order valence-corrected chi connectivity index (χ4v) is 1.71. The molecule has 2 aromatic rings. The summed E-state index contributed by atoms with van der Waals surface area (Å²) >= 11 is 5.86. The molecule has 18 heavy (non-hydrogen) atoms. The zero-order chi connectivity index (χ0) is 13.1. The highest BCUT2D eigenvalue weighted by Gasteiger charge is 2.17. The Morgan fingerprint density at radius 2 is 2.28 bits per heavy atom. The van der Waals surface area contributed by atoms with Crippen LogP contribution in [0.2, 0.25) is 5.02 Å². The van der Waals surface area contributed by atoms with Gasteiger partial charge in [-0.1, -0.05) is 11.6 Å². The molecule has 0 spiro atoms. The molecule has 0 bridgehead atoms. The number of hydrogen-bond acceptors (Lipinski definition) is 5. The van der Waals surface area contributed by atoms with E-state index in [0.29, 0.717) is 5.02 Å². The summed E-state index contributed by atoms with van der Waals surface area (Å²) in [5.74, 6) is -0.410. The van der Waals surface area contributed by atoms with Crippen LogP contribution in [0.4, 0.5) is 0 Å². The number of ether oxygens (including phenoxy) is 1. The summed E-state index contributed by atoms with van der Waals surface area (Å²) in [6.45, 7) is 3.85. The summed E-state index contributed by atoms with van der Waals surface area (Å²) in [6.07, 6.45) is 0. The van der Waals surface area contributed by atoms with E-state index in [1.807, 2.05) is 6.92 Å². The lowest BCUT2D eigenvalue weighted by Crippen LogP contribution is -2.06. The standard InChI is InChI=1S/C12H11ClN2O3/c1-3-17-12(16)10-14-11(18-15-10)9-5-4-8(13)6-7(9)2/h4-6H,3H2,1-2H3. The van der Waals surface area contributed by atoms with Crippen molar-refractivity contribution < 1.29 is 14.1 Å². The van der Waals surface area contributed by atoms with Crippen LogP contribution in [0.25, 0.3) is 11.5 Å². The lowest BCUT2D eigenvalue weighted by Gasteiger charge is -2.00. The summed E-state index contributed by atoms with van der Waals surface area (Å²) in [6, 6.07) is 5.27. The van der Waals surface area contributed by atoms with Crippen LogP contribution in [0.3, 0.4) is 0 Å². The van der Waals surface area contributed by atoms with Gasteiger partial charge in [0.25, 0.3) is 11.7 Å². The molecule has 0 fully saturated rings. The maximum Gasteiger partial charge on any atom is 0.379 e. The fourth-order valence-electron chi connectivity index (χ4n) is 1.48. The van der Waals surface area contributed by atoms with Crippen molar-refractivity contribution in [2.24, 2.45) is 0 Å². The SMILES string of the molecule is CCOC(=O)c1noc(-c2ccc(Cl)cc2C)n1.